The van der Waals surface area contributed by atoms with Gasteiger partial charge >= 0.3 is 6.18 Å². The molecule has 1 saturated carbocycles. The molecule has 0 spiro atoms. The number of hydrogen-bond acceptors (Lipinski definition) is 3. The molecular weight excluding hydrogens is 319 g/mol. The van der Waals surface area contributed by atoms with Crippen molar-refractivity contribution in [1.29, 1.82) is 0 Å². The van der Waals surface area contributed by atoms with Crippen LogP contribution in [0.25, 0.3) is 0 Å². The molecule has 1 aliphatic rings. The molecule has 1 fully saturated rings. The molecule has 2 unspecified atom stereocenters. The van der Waals surface area contributed by atoms with Crippen LogP contribution >= 0.6 is 0 Å². The first-order valence-corrected chi connectivity index (χ1v) is 8.07. The molecule has 0 aromatic heterocycles. The summed E-state index contributed by atoms with van der Waals surface area (Å²) in [5.74, 6) is -1.81. The molecule has 0 aliphatic heterocycles. The molecule has 134 valence electrons. The van der Waals surface area contributed by atoms with E-state index in [1.54, 1.807) is 18.2 Å². The highest BCUT2D eigenvalue weighted by Gasteiger charge is 2.42. The number of primary amides is 1. The van der Waals surface area contributed by atoms with Crippen LogP contribution in [0.1, 0.15) is 41.6 Å². The highest BCUT2D eigenvalue weighted by atomic mass is 19.4. The van der Waals surface area contributed by atoms with Gasteiger partial charge in [-0.15, -0.1) is 0 Å². The molecule has 0 bridgehead atoms. The zero-order chi connectivity index (χ0) is 17.9. The van der Waals surface area contributed by atoms with E-state index in [9.17, 15) is 18.0 Å². The van der Waals surface area contributed by atoms with E-state index < -0.39 is 18.0 Å². The number of nitrogens with zero attached hydrogens (tertiary/aromatic N) is 1. The molecule has 0 saturated heterocycles. The number of anilines is 1. The van der Waals surface area contributed by atoms with Crippen LogP contribution in [0.4, 0.5) is 18.9 Å². The van der Waals surface area contributed by atoms with Gasteiger partial charge in [-0.1, -0.05) is 12.5 Å². The summed E-state index contributed by atoms with van der Waals surface area (Å²) in [7, 11) is 3.82. The molecule has 7 heteroatoms. The van der Waals surface area contributed by atoms with E-state index in [2.05, 4.69) is 5.32 Å². The lowest BCUT2D eigenvalue weighted by atomic mass is 9.85. The van der Waals surface area contributed by atoms with E-state index >= 15 is 0 Å². The van der Waals surface area contributed by atoms with Crippen molar-refractivity contribution in [2.24, 2.45) is 11.7 Å². The number of amides is 1. The summed E-state index contributed by atoms with van der Waals surface area (Å²) in [6, 6.07) is 4.82. The van der Waals surface area contributed by atoms with E-state index in [1.165, 1.54) is 0 Å². The van der Waals surface area contributed by atoms with E-state index in [4.69, 9.17) is 5.73 Å². The van der Waals surface area contributed by atoms with Crippen molar-refractivity contribution >= 4 is 11.6 Å². The predicted molar refractivity (Wildman–Crippen MR) is 87.8 cm³/mol. The van der Waals surface area contributed by atoms with E-state index in [-0.39, 0.29) is 18.9 Å². The fourth-order valence-electron chi connectivity index (χ4n) is 3.18. The smallest absolute Gasteiger partial charge is 0.382 e. The van der Waals surface area contributed by atoms with Crippen LogP contribution in [0.3, 0.4) is 0 Å². The molecule has 4 nitrogen and oxygen atoms in total. The van der Waals surface area contributed by atoms with Crippen LogP contribution in [0.2, 0.25) is 0 Å². The van der Waals surface area contributed by atoms with Crippen molar-refractivity contribution in [3.8, 4) is 0 Å². The van der Waals surface area contributed by atoms with Gasteiger partial charge in [0.25, 0.3) is 0 Å². The first-order valence-electron chi connectivity index (χ1n) is 8.07. The topological polar surface area (TPSA) is 58.4 Å². The van der Waals surface area contributed by atoms with Crippen molar-refractivity contribution < 1.29 is 18.0 Å². The Hall–Kier alpha value is -1.76. The quantitative estimate of drug-likeness (QED) is 0.862. The molecule has 0 heterocycles. The standard InChI is InChI=1S/C17H24F3N3O/c1-23(2)10-12-7-6-11(16(21)24)8-15(12)22-14-5-3-4-13(9-14)17(18,19)20/h6-8,13-14,22H,3-5,9-10H2,1-2H3,(H2,21,24). The highest BCUT2D eigenvalue weighted by molar-refractivity contribution is 5.94. The van der Waals surface area contributed by atoms with Crippen LogP contribution in [0.5, 0.6) is 0 Å². The highest BCUT2D eigenvalue weighted by Crippen LogP contribution is 2.38. The van der Waals surface area contributed by atoms with Gasteiger partial charge in [0.05, 0.1) is 5.92 Å². The average molecular weight is 343 g/mol. The van der Waals surface area contributed by atoms with Gasteiger partial charge in [0.2, 0.25) is 5.91 Å². The minimum atomic E-state index is -4.15. The third-order valence-corrected chi connectivity index (χ3v) is 4.38. The van der Waals surface area contributed by atoms with Gasteiger partial charge in [0, 0.05) is 23.8 Å². The van der Waals surface area contributed by atoms with Crippen LogP contribution < -0.4 is 11.1 Å². The number of nitrogens with one attached hydrogen (secondary N) is 1. The van der Waals surface area contributed by atoms with Gasteiger partial charge in [-0.05, 0) is 51.1 Å². The second-order valence-electron chi connectivity index (χ2n) is 6.72. The lowest BCUT2D eigenvalue weighted by molar-refractivity contribution is -0.182. The molecule has 24 heavy (non-hydrogen) atoms. The van der Waals surface area contributed by atoms with Crippen LogP contribution in [0, 0.1) is 5.92 Å². The van der Waals surface area contributed by atoms with E-state index in [0.717, 1.165) is 5.56 Å². The first kappa shape index (κ1) is 18.6. The Kier molecular flexibility index (Phi) is 5.74. The zero-order valence-corrected chi connectivity index (χ0v) is 14.0. The lowest BCUT2D eigenvalue weighted by Crippen LogP contribution is -2.35. The number of benzene rings is 1. The predicted octanol–water partition coefficient (Wildman–Crippen LogP) is 3.38. The van der Waals surface area contributed by atoms with Gasteiger partial charge in [0.1, 0.15) is 0 Å². The normalized spacial score (nSPS) is 21.8. The van der Waals surface area contributed by atoms with Gasteiger partial charge in [0.15, 0.2) is 0 Å². The fourth-order valence-corrected chi connectivity index (χ4v) is 3.18. The third-order valence-electron chi connectivity index (χ3n) is 4.38. The zero-order valence-electron chi connectivity index (χ0n) is 14.0. The maximum absolute atomic E-state index is 13.0. The SMILES string of the molecule is CN(C)Cc1ccc(C(N)=O)cc1NC1CCCC(C(F)(F)F)C1. The van der Waals surface area contributed by atoms with E-state index in [0.29, 0.717) is 30.6 Å². The second kappa shape index (κ2) is 7.42. The number of carbonyl (C=O) groups excluding carboxylic acids is 1. The number of rotatable bonds is 5. The average Bonchev–Trinajstić information content (AvgIpc) is 2.47. The lowest BCUT2D eigenvalue weighted by Gasteiger charge is -2.32. The summed E-state index contributed by atoms with van der Waals surface area (Å²) in [5, 5.41) is 3.22. The summed E-state index contributed by atoms with van der Waals surface area (Å²) in [5.41, 5.74) is 7.29. The molecule has 2 atom stereocenters. The van der Waals surface area contributed by atoms with Crippen LogP contribution in [-0.4, -0.2) is 37.1 Å². The van der Waals surface area contributed by atoms with Gasteiger partial charge in [-0.25, -0.2) is 0 Å². The van der Waals surface area contributed by atoms with Gasteiger partial charge in [-0.3, -0.25) is 4.79 Å². The van der Waals surface area contributed by atoms with Crippen molar-refractivity contribution in [2.45, 2.75) is 44.4 Å². The maximum atomic E-state index is 13.0. The van der Waals surface area contributed by atoms with Gasteiger partial charge in [-0.2, -0.15) is 13.2 Å². The van der Waals surface area contributed by atoms with Crippen molar-refractivity contribution in [3.63, 3.8) is 0 Å². The molecule has 2 rings (SSSR count). The minimum absolute atomic E-state index is 0.0612. The largest absolute Gasteiger partial charge is 0.391 e. The molecule has 1 aromatic carbocycles. The Morgan fingerprint density at radius 3 is 2.62 bits per heavy atom. The Bertz CT molecular complexity index is 587. The summed E-state index contributed by atoms with van der Waals surface area (Å²) in [6.07, 6.45) is -2.67. The number of hydrogen-bond donors (Lipinski definition) is 2. The first-order chi connectivity index (χ1) is 11.2. The molecule has 3 N–H and O–H groups in total. The molecule has 0 radical (unpaired) electrons. The Morgan fingerprint density at radius 1 is 1.33 bits per heavy atom. The van der Waals surface area contributed by atoms with Crippen molar-refractivity contribution in [1.82, 2.24) is 4.90 Å². The second-order valence-corrected chi connectivity index (χ2v) is 6.72. The van der Waals surface area contributed by atoms with Crippen molar-refractivity contribution in [3.05, 3.63) is 29.3 Å². The van der Waals surface area contributed by atoms with Crippen LogP contribution in [0.15, 0.2) is 18.2 Å². The number of alkyl halides is 3. The Labute approximate surface area is 140 Å². The van der Waals surface area contributed by atoms with Crippen LogP contribution in [-0.2, 0) is 6.54 Å². The summed E-state index contributed by atoms with van der Waals surface area (Å²) < 4.78 is 38.9. The Morgan fingerprint density at radius 2 is 2.04 bits per heavy atom. The van der Waals surface area contributed by atoms with Crippen molar-refractivity contribution in [2.75, 3.05) is 19.4 Å². The Balaban J connectivity index is 2.20. The summed E-state index contributed by atoms with van der Waals surface area (Å²) in [4.78, 5) is 13.4. The molecule has 1 aliphatic carbocycles. The molecular formula is C17H24F3N3O. The minimum Gasteiger partial charge on any atom is -0.382 e. The van der Waals surface area contributed by atoms with Gasteiger partial charge < -0.3 is 16.0 Å². The number of halogens is 3. The molecule has 1 aromatic rings. The summed E-state index contributed by atoms with van der Waals surface area (Å²) >= 11 is 0. The monoisotopic (exact) mass is 343 g/mol. The number of nitrogens with two attached hydrogens (primary N) is 1. The number of carbonyl (C=O) groups is 1. The maximum Gasteiger partial charge on any atom is 0.391 e. The molecule has 1 amide bonds. The summed E-state index contributed by atoms with van der Waals surface area (Å²) in [6.45, 7) is 0.622. The third kappa shape index (κ3) is 4.87. The van der Waals surface area contributed by atoms with E-state index in [1.807, 2.05) is 19.0 Å². The fraction of sp³-hybridized carbons (Fsp3) is 0.588.